The fraction of sp³-hybridized carbons (Fsp3) is 0.250. The van der Waals surface area contributed by atoms with Gasteiger partial charge < -0.3 is 9.42 Å². The first-order valence-corrected chi connectivity index (χ1v) is 5.35. The predicted octanol–water partition coefficient (Wildman–Crippen LogP) is 1.79. The summed E-state index contributed by atoms with van der Waals surface area (Å²) >= 11 is 0. The van der Waals surface area contributed by atoms with Gasteiger partial charge in [0.25, 0.3) is 5.91 Å². The average Bonchev–Trinajstić information content (AvgIpc) is 2.74. The molecule has 0 unspecified atom stereocenters. The van der Waals surface area contributed by atoms with Gasteiger partial charge in [0, 0.05) is 19.3 Å². The SMILES string of the molecule is Cc1cc(CN(C)C(=O)c2ccncc2F)on1. The Morgan fingerprint density at radius 1 is 1.56 bits per heavy atom. The Bertz CT molecular complexity index is 568. The molecule has 0 N–H and O–H groups in total. The first-order chi connectivity index (χ1) is 8.58. The molecule has 0 spiro atoms. The molecule has 2 heterocycles. The van der Waals surface area contributed by atoms with Crippen LogP contribution in [0.5, 0.6) is 0 Å². The Balaban J connectivity index is 2.12. The van der Waals surface area contributed by atoms with E-state index in [1.54, 1.807) is 20.0 Å². The van der Waals surface area contributed by atoms with Crippen LogP contribution in [0.25, 0.3) is 0 Å². The molecule has 6 heteroatoms. The van der Waals surface area contributed by atoms with Crippen molar-refractivity contribution in [3.8, 4) is 0 Å². The number of halogens is 1. The molecule has 0 saturated heterocycles. The van der Waals surface area contributed by atoms with Gasteiger partial charge in [0.1, 0.15) is 0 Å². The molecule has 0 bridgehead atoms. The Morgan fingerprint density at radius 3 is 2.94 bits per heavy atom. The van der Waals surface area contributed by atoms with Crippen LogP contribution in [-0.2, 0) is 6.54 Å². The largest absolute Gasteiger partial charge is 0.359 e. The van der Waals surface area contributed by atoms with E-state index in [0.29, 0.717) is 5.76 Å². The van der Waals surface area contributed by atoms with Crippen molar-refractivity contribution in [2.75, 3.05) is 7.05 Å². The number of hydrogen-bond donors (Lipinski definition) is 0. The molecule has 0 aromatic carbocycles. The molecule has 0 fully saturated rings. The van der Waals surface area contributed by atoms with Crippen LogP contribution in [-0.4, -0.2) is 28.0 Å². The number of pyridine rings is 1. The molecule has 2 aromatic rings. The first kappa shape index (κ1) is 12.2. The van der Waals surface area contributed by atoms with E-state index in [1.165, 1.54) is 17.2 Å². The van der Waals surface area contributed by atoms with Crippen LogP contribution >= 0.6 is 0 Å². The number of nitrogens with zero attached hydrogens (tertiary/aromatic N) is 3. The Labute approximate surface area is 103 Å². The summed E-state index contributed by atoms with van der Waals surface area (Å²) in [4.78, 5) is 16.9. The summed E-state index contributed by atoms with van der Waals surface area (Å²) in [6.45, 7) is 2.03. The molecule has 0 saturated carbocycles. The van der Waals surface area contributed by atoms with Crippen molar-refractivity contribution in [1.82, 2.24) is 15.0 Å². The summed E-state index contributed by atoms with van der Waals surface area (Å²) in [5.74, 6) is -0.509. The summed E-state index contributed by atoms with van der Waals surface area (Å²) in [6, 6.07) is 3.08. The summed E-state index contributed by atoms with van der Waals surface area (Å²) in [5.41, 5.74) is 0.727. The fourth-order valence-corrected chi connectivity index (χ4v) is 1.55. The number of carbonyl (C=O) groups excluding carboxylic acids is 1. The lowest BCUT2D eigenvalue weighted by Gasteiger charge is -2.15. The van der Waals surface area contributed by atoms with Crippen LogP contribution in [0.1, 0.15) is 21.8 Å². The van der Waals surface area contributed by atoms with Crippen molar-refractivity contribution in [1.29, 1.82) is 0 Å². The van der Waals surface area contributed by atoms with Crippen molar-refractivity contribution >= 4 is 5.91 Å². The summed E-state index contributed by atoms with van der Waals surface area (Å²) < 4.78 is 18.4. The molecular formula is C12H12FN3O2. The van der Waals surface area contributed by atoms with Crippen molar-refractivity contribution in [3.05, 3.63) is 47.4 Å². The normalized spacial score (nSPS) is 10.4. The van der Waals surface area contributed by atoms with Crippen LogP contribution in [0.2, 0.25) is 0 Å². The van der Waals surface area contributed by atoms with Crippen LogP contribution < -0.4 is 0 Å². The van der Waals surface area contributed by atoms with E-state index in [9.17, 15) is 9.18 Å². The number of hydrogen-bond acceptors (Lipinski definition) is 4. The zero-order valence-electron chi connectivity index (χ0n) is 10.1. The predicted molar refractivity (Wildman–Crippen MR) is 61.2 cm³/mol. The smallest absolute Gasteiger partial charge is 0.257 e. The second-order valence-corrected chi connectivity index (χ2v) is 3.95. The fourth-order valence-electron chi connectivity index (χ4n) is 1.55. The van der Waals surface area contributed by atoms with E-state index in [2.05, 4.69) is 10.1 Å². The molecule has 0 aliphatic heterocycles. The van der Waals surface area contributed by atoms with E-state index in [1.807, 2.05) is 0 Å². The second kappa shape index (κ2) is 4.95. The Morgan fingerprint density at radius 2 is 2.33 bits per heavy atom. The molecule has 1 amide bonds. The van der Waals surface area contributed by atoms with E-state index in [0.717, 1.165) is 11.9 Å². The lowest BCUT2D eigenvalue weighted by atomic mass is 10.2. The minimum Gasteiger partial charge on any atom is -0.359 e. The van der Waals surface area contributed by atoms with Crippen molar-refractivity contribution in [2.24, 2.45) is 0 Å². The van der Waals surface area contributed by atoms with Crippen LogP contribution in [0.3, 0.4) is 0 Å². The van der Waals surface area contributed by atoms with Gasteiger partial charge in [0.05, 0.1) is 24.0 Å². The van der Waals surface area contributed by atoms with Gasteiger partial charge in [0.2, 0.25) is 0 Å². The summed E-state index contributed by atoms with van der Waals surface area (Å²) in [7, 11) is 1.57. The van der Waals surface area contributed by atoms with Crippen molar-refractivity contribution in [2.45, 2.75) is 13.5 Å². The van der Waals surface area contributed by atoms with Gasteiger partial charge in [-0.3, -0.25) is 9.78 Å². The van der Waals surface area contributed by atoms with Crippen molar-refractivity contribution in [3.63, 3.8) is 0 Å². The molecule has 2 aromatic heterocycles. The Hall–Kier alpha value is -2.24. The third-order valence-electron chi connectivity index (χ3n) is 2.42. The molecule has 2 rings (SSSR count). The topological polar surface area (TPSA) is 59.2 Å². The summed E-state index contributed by atoms with van der Waals surface area (Å²) in [5, 5.41) is 3.72. The highest BCUT2D eigenvalue weighted by Crippen LogP contribution is 2.11. The maximum absolute atomic E-state index is 13.4. The number of aryl methyl sites for hydroxylation is 1. The van der Waals surface area contributed by atoms with Gasteiger partial charge >= 0.3 is 0 Å². The molecule has 5 nitrogen and oxygen atoms in total. The van der Waals surface area contributed by atoms with E-state index in [4.69, 9.17) is 4.52 Å². The highest BCUT2D eigenvalue weighted by atomic mass is 19.1. The highest BCUT2D eigenvalue weighted by molar-refractivity contribution is 5.94. The lowest BCUT2D eigenvalue weighted by Crippen LogP contribution is -2.26. The van der Waals surface area contributed by atoms with Gasteiger partial charge in [-0.25, -0.2) is 4.39 Å². The molecule has 94 valence electrons. The maximum Gasteiger partial charge on any atom is 0.257 e. The average molecular weight is 249 g/mol. The monoisotopic (exact) mass is 249 g/mol. The zero-order valence-corrected chi connectivity index (χ0v) is 10.1. The van der Waals surface area contributed by atoms with Crippen LogP contribution in [0.4, 0.5) is 4.39 Å². The molecule has 18 heavy (non-hydrogen) atoms. The van der Waals surface area contributed by atoms with Gasteiger partial charge in [-0.2, -0.15) is 0 Å². The van der Waals surface area contributed by atoms with E-state index < -0.39 is 11.7 Å². The van der Waals surface area contributed by atoms with Gasteiger partial charge in [-0.1, -0.05) is 5.16 Å². The number of amides is 1. The third-order valence-corrected chi connectivity index (χ3v) is 2.42. The maximum atomic E-state index is 13.4. The third kappa shape index (κ3) is 2.53. The second-order valence-electron chi connectivity index (χ2n) is 3.95. The minimum absolute atomic E-state index is 0.0104. The number of rotatable bonds is 3. The number of carbonyl (C=O) groups is 1. The highest BCUT2D eigenvalue weighted by Gasteiger charge is 2.17. The minimum atomic E-state index is -0.636. The van der Waals surface area contributed by atoms with Gasteiger partial charge in [-0.15, -0.1) is 0 Å². The number of aromatic nitrogens is 2. The molecule has 0 radical (unpaired) electrons. The van der Waals surface area contributed by atoms with Crippen LogP contribution in [0, 0.1) is 12.7 Å². The quantitative estimate of drug-likeness (QED) is 0.832. The van der Waals surface area contributed by atoms with Gasteiger partial charge in [0.15, 0.2) is 11.6 Å². The molecule has 0 atom stereocenters. The molecule has 0 aliphatic rings. The van der Waals surface area contributed by atoms with E-state index in [-0.39, 0.29) is 12.1 Å². The standard InChI is InChI=1S/C12H12FN3O2/c1-8-5-9(18-15-8)7-16(2)12(17)10-3-4-14-6-11(10)13/h3-6H,7H2,1-2H3. The zero-order chi connectivity index (χ0) is 13.1. The first-order valence-electron chi connectivity index (χ1n) is 5.35. The Kier molecular flexibility index (Phi) is 3.36. The molecule has 0 aliphatic carbocycles. The summed E-state index contributed by atoms with van der Waals surface area (Å²) in [6.07, 6.45) is 2.39. The molecular weight excluding hydrogens is 237 g/mol. The van der Waals surface area contributed by atoms with Crippen LogP contribution in [0.15, 0.2) is 29.0 Å². The van der Waals surface area contributed by atoms with Gasteiger partial charge in [-0.05, 0) is 13.0 Å². The lowest BCUT2D eigenvalue weighted by molar-refractivity contribution is 0.0767. The van der Waals surface area contributed by atoms with E-state index >= 15 is 0 Å². The van der Waals surface area contributed by atoms with Crippen molar-refractivity contribution < 1.29 is 13.7 Å².